The van der Waals surface area contributed by atoms with Crippen LogP contribution in [0.25, 0.3) is 0 Å². The molecule has 0 saturated carbocycles. The summed E-state index contributed by atoms with van der Waals surface area (Å²) in [4.78, 5) is 11.8. The minimum atomic E-state index is -0.322. The summed E-state index contributed by atoms with van der Waals surface area (Å²) in [6.07, 6.45) is 3.03. The maximum Gasteiger partial charge on any atom is 0.339 e. The van der Waals surface area contributed by atoms with Crippen molar-refractivity contribution in [1.29, 1.82) is 0 Å². The first kappa shape index (κ1) is 13.4. The van der Waals surface area contributed by atoms with Crippen LogP contribution in [0.2, 0.25) is 0 Å². The molecule has 106 valence electrons. The highest BCUT2D eigenvalue weighted by Gasteiger charge is 2.14. The van der Waals surface area contributed by atoms with Crippen LogP contribution in [-0.4, -0.2) is 11.7 Å². The molecule has 0 fully saturated rings. The van der Waals surface area contributed by atoms with Crippen LogP contribution in [0.3, 0.4) is 0 Å². The predicted molar refractivity (Wildman–Crippen MR) is 84.5 cm³/mol. The smallest absolute Gasteiger partial charge is 0.307 e. The summed E-state index contributed by atoms with van der Waals surface area (Å²) in [5.74, 6) is 0. The molecule has 4 nitrogen and oxygen atoms in total. The second-order valence-electron chi connectivity index (χ2n) is 5.00. The first-order valence-corrected chi connectivity index (χ1v) is 7.10. The second kappa shape index (κ2) is 6.22. The fourth-order valence-electron chi connectivity index (χ4n) is 2.52. The lowest BCUT2D eigenvalue weighted by atomic mass is 9.90. The number of nitrogens with one attached hydrogen (secondary N) is 2. The zero-order valence-corrected chi connectivity index (χ0v) is 11.7. The van der Waals surface area contributed by atoms with Crippen molar-refractivity contribution in [3.63, 3.8) is 0 Å². The number of fused-ring (bicyclic) bond motifs is 1. The van der Waals surface area contributed by atoms with Crippen molar-refractivity contribution >= 4 is 17.4 Å². The molecular formula is C17H17N3O. The first-order valence-electron chi connectivity index (χ1n) is 7.10. The molecule has 0 aliphatic heterocycles. The van der Waals surface area contributed by atoms with Crippen LogP contribution in [0.1, 0.15) is 24.0 Å². The van der Waals surface area contributed by atoms with Gasteiger partial charge in [-0.25, -0.2) is 10.2 Å². The van der Waals surface area contributed by atoms with Crippen LogP contribution >= 0.6 is 0 Å². The number of urea groups is 1. The lowest BCUT2D eigenvalue weighted by molar-refractivity contribution is 0.252. The molecule has 2 aromatic carbocycles. The molecular weight excluding hydrogens is 262 g/mol. The molecule has 4 heteroatoms. The van der Waals surface area contributed by atoms with E-state index in [4.69, 9.17) is 0 Å². The normalized spacial score (nSPS) is 15.3. The average Bonchev–Trinajstić information content (AvgIpc) is 2.54. The molecule has 0 atom stereocenters. The van der Waals surface area contributed by atoms with Gasteiger partial charge >= 0.3 is 6.03 Å². The maximum atomic E-state index is 11.8. The van der Waals surface area contributed by atoms with Crippen LogP contribution in [0.15, 0.2) is 59.7 Å². The molecule has 21 heavy (non-hydrogen) atoms. The summed E-state index contributed by atoms with van der Waals surface area (Å²) in [7, 11) is 0. The van der Waals surface area contributed by atoms with E-state index in [1.165, 1.54) is 5.56 Å². The number of anilines is 1. The van der Waals surface area contributed by atoms with Gasteiger partial charge in [0.05, 0.1) is 5.71 Å². The van der Waals surface area contributed by atoms with Crippen LogP contribution in [-0.2, 0) is 6.42 Å². The predicted octanol–water partition coefficient (Wildman–Crippen LogP) is 3.55. The summed E-state index contributed by atoms with van der Waals surface area (Å²) in [5.41, 5.74) is 6.71. The molecule has 1 aliphatic carbocycles. The van der Waals surface area contributed by atoms with E-state index in [0.717, 1.165) is 36.2 Å². The Balaban J connectivity index is 1.68. The van der Waals surface area contributed by atoms with Crippen molar-refractivity contribution in [3.05, 3.63) is 65.7 Å². The number of carbonyl (C=O) groups excluding carboxylic acids is 1. The Bertz CT molecular complexity index is 665. The lowest BCUT2D eigenvalue weighted by Crippen LogP contribution is -2.26. The van der Waals surface area contributed by atoms with E-state index in [9.17, 15) is 4.79 Å². The summed E-state index contributed by atoms with van der Waals surface area (Å²) in [6.45, 7) is 0. The molecule has 0 heterocycles. The highest BCUT2D eigenvalue weighted by atomic mass is 16.2. The van der Waals surface area contributed by atoms with Crippen molar-refractivity contribution in [1.82, 2.24) is 5.43 Å². The monoisotopic (exact) mass is 279 g/mol. The minimum absolute atomic E-state index is 0.322. The summed E-state index contributed by atoms with van der Waals surface area (Å²) in [6, 6.07) is 17.2. The van der Waals surface area contributed by atoms with Crippen molar-refractivity contribution in [2.45, 2.75) is 19.3 Å². The summed E-state index contributed by atoms with van der Waals surface area (Å²) < 4.78 is 0. The second-order valence-corrected chi connectivity index (χ2v) is 5.00. The minimum Gasteiger partial charge on any atom is -0.307 e. The van der Waals surface area contributed by atoms with E-state index < -0.39 is 0 Å². The number of nitrogens with zero attached hydrogens (tertiary/aromatic N) is 1. The van der Waals surface area contributed by atoms with E-state index >= 15 is 0 Å². The van der Waals surface area contributed by atoms with Gasteiger partial charge in [-0.3, -0.25) is 0 Å². The Labute approximate surface area is 123 Å². The molecule has 0 saturated heterocycles. The Morgan fingerprint density at radius 2 is 1.71 bits per heavy atom. The Kier molecular flexibility index (Phi) is 3.96. The summed E-state index contributed by atoms with van der Waals surface area (Å²) in [5, 5.41) is 7.02. The standard InChI is InChI=1S/C17H17N3O/c21-17(18-14-9-2-1-3-10-14)20-19-16-12-6-8-13-7-4-5-11-15(13)16/h1-5,7,9-11H,6,8,12H2,(H2,18,20,21)/b19-16+. The average molecular weight is 279 g/mol. The number of hydrazone groups is 1. The number of hydrogen-bond donors (Lipinski definition) is 2. The van der Waals surface area contributed by atoms with Gasteiger partial charge in [0.1, 0.15) is 0 Å². The first-order chi connectivity index (χ1) is 10.3. The van der Waals surface area contributed by atoms with Gasteiger partial charge in [-0.2, -0.15) is 5.10 Å². The number of carbonyl (C=O) groups is 1. The van der Waals surface area contributed by atoms with Gasteiger partial charge in [0, 0.05) is 11.3 Å². The van der Waals surface area contributed by atoms with Gasteiger partial charge < -0.3 is 5.32 Å². The van der Waals surface area contributed by atoms with Crippen LogP contribution in [0.5, 0.6) is 0 Å². The highest BCUT2D eigenvalue weighted by molar-refractivity contribution is 6.03. The molecule has 1 aliphatic rings. The zero-order chi connectivity index (χ0) is 14.5. The number of benzene rings is 2. The summed E-state index contributed by atoms with van der Waals surface area (Å²) >= 11 is 0. The molecule has 0 radical (unpaired) electrons. The number of para-hydroxylation sites is 1. The third-order valence-corrected chi connectivity index (χ3v) is 3.51. The molecule has 2 aromatic rings. The molecule has 2 N–H and O–H groups in total. The van der Waals surface area contributed by atoms with Crippen LogP contribution < -0.4 is 10.7 Å². The van der Waals surface area contributed by atoms with Gasteiger partial charge in [0.15, 0.2) is 0 Å². The Hall–Kier alpha value is -2.62. The van der Waals surface area contributed by atoms with Gasteiger partial charge in [-0.15, -0.1) is 0 Å². The van der Waals surface area contributed by atoms with Crippen molar-refractivity contribution in [3.8, 4) is 0 Å². The number of amides is 2. The van der Waals surface area contributed by atoms with Gasteiger partial charge in [0.25, 0.3) is 0 Å². The highest BCUT2D eigenvalue weighted by Crippen LogP contribution is 2.21. The van der Waals surface area contributed by atoms with Gasteiger partial charge in [-0.1, -0.05) is 42.5 Å². The quantitative estimate of drug-likeness (QED) is 0.812. The fourth-order valence-corrected chi connectivity index (χ4v) is 2.52. The van der Waals surface area contributed by atoms with E-state index in [2.05, 4.69) is 28.0 Å². The largest absolute Gasteiger partial charge is 0.339 e. The third kappa shape index (κ3) is 3.28. The molecule has 0 spiro atoms. The molecule has 0 bridgehead atoms. The van der Waals surface area contributed by atoms with Crippen molar-refractivity contribution in [2.75, 3.05) is 5.32 Å². The molecule has 0 unspecified atom stereocenters. The number of aryl methyl sites for hydroxylation is 1. The van der Waals surface area contributed by atoms with Crippen LogP contribution in [0.4, 0.5) is 10.5 Å². The van der Waals surface area contributed by atoms with Crippen molar-refractivity contribution in [2.24, 2.45) is 5.10 Å². The Morgan fingerprint density at radius 3 is 2.57 bits per heavy atom. The molecule has 2 amide bonds. The zero-order valence-electron chi connectivity index (χ0n) is 11.7. The molecule has 0 aromatic heterocycles. The number of hydrogen-bond acceptors (Lipinski definition) is 2. The fraction of sp³-hybridized carbons (Fsp3) is 0.176. The third-order valence-electron chi connectivity index (χ3n) is 3.51. The van der Waals surface area contributed by atoms with Crippen molar-refractivity contribution < 1.29 is 4.79 Å². The molecule has 3 rings (SSSR count). The topological polar surface area (TPSA) is 53.5 Å². The van der Waals surface area contributed by atoms with E-state index in [0.29, 0.717) is 0 Å². The SMILES string of the molecule is O=C(N/N=C1\CCCc2ccccc21)Nc1ccccc1. The van der Waals surface area contributed by atoms with Gasteiger partial charge in [0.2, 0.25) is 0 Å². The Morgan fingerprint density at radius 1 is 0.952 bits per heavy atom. The van der Waals surface area contributed by atoms with E-state index in [1.807, 2.05) is 42.5 Å². The lowest BCUT2D eigenvalue weighted by Gasteiger charge is -2.17. The maximum absolute atomic E-state index is 11.8. The van der Waals surface area contributed by atoms with Gasteiger partial charge in [-0.05, 0) is 37.0 Å². The number of rotatable bonds is 2. The van der Waals surface area contributed by atoms with E-state index in [-0.39, 0.29) is 6.03 Å². The van der Waals surface area contributed by atoms with Crippen LogP contribution in [0, 0.1) is 0 Å². The van der Waals surface area contributed by atoms with E-state index in [1.54, 1.807) is 0 Å².